The lowest BCUT2D eigenvalue weighted by Gasteiger charge is -2.29. The molecule has 0 aliphatic rings. The number of nitrogens with one attached hydrogen (secondary N) is 2. The van der Waals surface area contributed by atoms with Gasteiger partial charge in [-0.2, -0.15) is 10.0 Å². The van der Waals surface area contributed by atoms with Gasteiger partial charge in [-0.15, -0.1) is 0 Å². The molecule has 0 fully saturated rings. The maximum Gasteiger partial charge on any atom is 0.308 e. The Balaban J connectivity index is 4.66. The largest absolute Gasteiger partial charge is 0.481 e. The Kier molecular flexibility index (Phi) is 7.53. The van der Waals surface area contributed by atoms with Crippen LogP contribution in [0.4, 0.5) is 0 Å². The predicted octanol–water partition coefficient (Wildman–Crippen LogP) is -1.96. The van der Waals surface area contributed by atoms with Gasteiger partial charge in [0.1, 0.15) is 0 Å². The Bertz CT molecular complexity index is 310. The minimum absolute atomic E-state index is 0.162. The van der Waals surface area contributed by atoms with Gasteiger partial charge in [0.25, 0.3) is 5.91 Å². The molecule has 0 aromatic rings. The number of rotatable bonds is 8. The quantitative estimate of drug-likeness (QED) is 0.329. The Labute approximate surface area is 111 Å². The van der Waals surface area contributed by atoms with Crippen molar-refractivity contribution in [3.8, 4) is 0 Å². The smallest absolute Gasteiger partial charge is 0.308 e. The monoisotopic (exact) mass is 279 g/mol. The van der Waals surface area contributed by atoms with Crippen LogP contribution in [0.2, 0.25) is 0 Å². The lowest BCUT2D eigenvalue weighted by Crippen LogP contribution is -3.09. The number of carboxylic acid groups (broad SMARTS) is 1. The fourth-order valence-electron chi connectivity index (χ4n) is 1.55. The van der Waals surface area contributed by atoms with Gasteiger partial charge in [0.05, 0.1) is 25.2 Å². The fourth-order valence-corrected chi connectivity index (χ4v) is 1.55. The Morgan fingerprint density at radius 1 is 1.32 bits per heavy atom. The molecule has 0 aromatic carbocycles. The second-order valence-corrected chi connectivity index (χ2v) is 4.73. The first-order chi connectivity index (χ1) is 8.70. The summed E-state index contributed by atoms with van der Waals surface area (Å²) in [5.41, 5.74) is 0. The van der Waals surface area contributed by atoms with Gasteiger partial charge < -0.3 is 15.5 Å². The van der Waals surface area contributed by atoms with Crippen LogP contribution in [0.1, 0.15) is 20.8 Å². The van der Waals surface area contributed by atoms with E-state index in [-0.39, 0.29) is 12.5 Å². The summed E-state index contributed by atoms with van der Waals surface area (Å²) >= 11 is 0. The summed E-state index contributed by atoms with van der Waals surface area (Å²) in [6, 6.07) is -0.719. The number of hydrogen-bond donors (Lipinski definition) is 5. The van der Waals surface area contributed by atoms with Crippen LogP contribution < -0.4 is 10.5 Å². The zero-order valence-corrected chi connectivity index (χ0v) is 11.6. The van der Waals surface area contributed by atoms with Gasteiger partial charge in [-0.3, -0.25) is 9.59 Å². The fraction of sp³-hybridized carbons (Fsp3) is 0.818. The molecule has 0 bridgehead atoms. The summed E-state index contributed by atoms with van der Waals surface area (Å²) < 4.78 is 0. The van der Waals surface area contributed by atoms with E-state index >= 15 is 0 Å². The highest BCUT2D eigenvalue weighted by atomic mass is 16.9. The Morgan fingerprint density at radius 3 is 2.21 bits per heavy atom. The molecule has 0 rings (SSSR count). The van der Waals surface area contributed by atoms with Gasteiger partial charge >= 0.3 is 5.97 Å². The number of aliphatic hydroxyl groups excluding tert-OH is 1. The minimum Gasteiger partial charge on any atom is -0.481 e. The first-order valence-corrected chi connectivity index (χ1v) is 5.99. The molecule has 0 spiro atoms. The third-order valence-electron chi connectivity index (χ3n) is 2.86. The number of aliphatic hydroxyl groups is 1. The Hall–Kier alpha value is -1.22. The van der Waals surface area contributed by atoms with Crippen LogP contribution in [0.3, 0.4) is 0 Å². The lowest BCUT2D eigenvalue weighted by atomic mass is 9.90. The summed E-state index contributed by atoms with van der Waals surface area (Å²) in [5.74, 6) is -2.86. The zero-order chi connectivity index (χ0) is 15.2. The molecule has 8 nitrogen and oxygen atoms in total. The van der Waals surface area contributed by atoms with Gasteiger partial charge in [-0.25, -0.2) is 0 Å². The highest BCUT2D eigenvalue weighted by Gasteiger charge is 2.33. The highest BCUT2D eigenvalue weighted by molar-refractivity contribution is 5.77. The van der Waals surface area contributed by atoms with Crippen molar-refractivity contribution in [3.05, 3.63) is 0 Å². The molecular weight excluding hydrogens is 256 g/mol. The summed E-state index contributed by atoms with van der Waals surface area (Å²) in [4.78, 5) is 26.9. The molecule has 5 N–H and O–H groups in total. The van der Waals surface area contributed by atoms with Crippen molar-refractivity contribution >= 4 is 11.9 Å². The molecule has 112 valence electrons. The van der Waals surface area contributed by atoms with Crippen LogP contribution in [0, 0.1) is 11.8 Å². The number of carbonyl (C=O) groups excluding carboxylic acids is 1. The number of aliphatic carboxylic acids is 1. The maximum atomic E-state index is 11.6. The van der Waals surface area contributed by atoms with Crippen LogP contribution >= 0.6 is 0 Å². The van der Waals surface area contributed by atoms with Crippen LogP contribution in [0.15, 0.2) is 0 Å². The number of hydroxylamine groups is 2. The topological polar surface area (TPSA) is 121 Å². The molecule has 0 aliphatic carbocycles. The number of amides is 1. The third-order valence-corrected chi connectivity index (χ3v) is 2.86. The zero-order valence-electron chi connectivity index (χ0n) is 11.6. The number of carboxylic acids is 1. The maximum absolute atomic E-state index is 11.6. The van der Waals surface area contributed by atoms with E-state index in [2.05, 4.69) is 10.2 Å². The van der Waals surface area contributed by atoms with E-state index in [1.807, 2.05) is 0 Å². The average molecular weight is 279 g/mol. The van der Waals surface area contributed by atoms with Gasteiger partial charge in [0.2, 0.25) is 6.54 Å². The molecule has 19 heavy (non-hydrogen) atoms. The van der Waals surface area contributed by atoms with Crippen LogP contribution in [-0.4, -0.2) is 53.1 Å². The van der Waals surface area contributed by atoms with Gasteiger partial charge in [0.15, 0.2) is 0 Å². The van der Waals surface area contributed by atoms with Crippen molar-refractivity contribution in [1.82, 2.24) is 5.32 Å². The molecule has 8 heteroatoms. The van der Waals surface area contributed by atoms with E-state index in [0.717, 1.165) is 0 Å². The van der Waals surface area contributed by atoms with Gasteiger partial charge in [-0.1, -0.05) is 13.8 Å². The molecule has 4 unspecified atom stereocenters. The van der Waals surface area contributed by atoms with E-state index in [0.29, 0.717) is 0 Å². The van der Waals surface area contributed by atoms with Crippen LogP contribution in [-0.2, 0) is 14.4 Å². The first kappa shape index (κ1) is 17.8. The minimum atomic E-state index is -1.22. The first-order valence-electron chi connectivity index (χ1n) is 5.99. The van der Waals surface area contributed by atoms with Crippen LogP contribution in [0.25, 0.3) is 0 Å². The molecule has 0 saturated heterocycles. The second kappa shape index (κ2) is 8.05. The second-order valence-electron chi connectivity index (χ2n) is 4.73. The van der Waals surface area contributed by atoms with Crippen molar-refractivity contribution in [2.75, 3.05) is 13.7 Å². The van der Waals surface area contributed by atoms with Crippen LogP contribution in [0.5, 0.6) is 0 Å². The Morgan fingerprint density at radius 2 is 1.84 bits per heavy atom. The molecule has 0 aliphatic heterocycles. The normalized spacial score (nSPS) is 17.6. The molecular formula is C11H23N2O6+. The number of carbonyl (C=O) groups is 2. The summed E-state index contributed by atoms with van der Waals surface area (Å²) in [5, 5.41) is 30.0. The third kappa shape index (κ3) is 5.97. The SMILES string of the molecule is CO[NH+](O)CC(=O)NC(C(C)C)C(O)C(C)C(=O)O. The number of hydrogen-bond acceptors (Lipinski definition) is 5. The molecule has 0 radical (unpaired) electrons. The summed E-state index contributed by atoms with van der Waals surface area (Å²) in [6.45, 7) is 4.52. The van der Waals surface area contributed by atoms with Gasteiger partial charge in [0, 0.05) is 0 Å². The van der Waals surface area contributed by atoms with E-state index in [4.69, 9.17) is 10.3 Å². The summed E-state index contributed by atoms with van der Waals surface area (Å²) in [6.07, 6.45) is -1.22. The molecule has 0 saturated carbocycles. The number of quaternary nitrogens is 1. The van der Waals surface area contributed by atoms with E-state index in [1.165, 1.54) is 14.0 Å². The molecule has 0 heterocycles. The van der Waals surface area contributed by atoms with Crippen molar-refractivity contribution in [3.63, 3.8) is 0 Å². The van der Waals surface area contributed by atoms with E-state index < -0.39 is 35.2 Å². The van der Waals surface area contributed by atoms with Crippen molar-refractivity contribution < 1.29 is 35.1 Å². The van der Waals surface area contributed by atoms with E-state index in [1.54, 1.807) is 13.8 Å². The highest BCUT2D eigenvalue weighted by Crippen LogP contribution is 2.14. The molecule has 0 aromatic heterocycles. The standard InChI is InChI=1S/C11H22N2O6/c1-6(2)9(10(15)7(3)11(16)17)12-8(14)5-13(18)19-4/h6-7,9-10,15,18H,5H2,1-4H3,(H,12,14)(H,16,17)/p+1. The summed E-state index contributed by atoms with van der Waals surface area (Å²) in [7, 11) is 1.23. The van der Waals surface area contributed by atoms with Crippen molar-refractivity contribution in [1.29, 1.82) is 0 Å². The van der Waals surface area contributed by atoms with Gasteiger partial charge in [-0.05, 0) is 18.1 Å². The van der Waals surface area contributed by atoms with E-state index in [9.17, 15) is 14.7 Å². The van der Waals surface area contributed by atoms with Crippen molar-refractivity contribution in [2.45, 2.75) is 32.9 Å². The lowest BCUT2D eigenvalue weighted by molar-refractivity contribution is -1.23. The molecule has 1 amide bonds. The predicted molar refractivity (Wildman–Crippen MR) is 64.2 cm³/mol. The molecule has 4 atom stereocenters. The average Bonchev–Trinajstić information content (AvgIpc) is 2.33. The van der Waals surface area contributed by atoms with Crippen molar-refractivity contribution in [2.24, 2.45) is 11.8 Å².